The fraction of sp³-hybridized carbons (Fsp3) is 0.235. The van der Waals surface area contributed by atoms with Gasteiger partial charge in [-0.15, -0.1) is 0 Å². The van der Waals surface area contributed by atoms with Gasteiger partial charge in [0.05, 0.1) is 14.2 Å². The van der Waals surface area contributed by atoms with E-state index in [9.17, 15) is 15.3 Å². The molecule has 1 aliphatic heterocycles. The standard InChI is InChI=1S/C17H17O6/c1-21-10-7-15(22-2)11-3-4-14(23-16(11)8-10)9-5-12(18)17(20)13(19)6-9/h4-8,14,18-20H,3H2,1-2H3. The van der Waals surface area contributed by atoms with Crippen molar-refractivity contribution in [1.29, 1.82) is 0 Å². The van der Waals surface area contributed by atoms with Gasteiger partial charge in [0, 0.05) is 29.7 Å². The fourth-order valence-electron chi connectivity index (χ4n) is 2.61. The molecular weight excluding hydrogens is 300 g/mol. The highest BCUT2D eigenvalue weighted by molar-refractivity contribution is 5.55. The van der Waals surface area contributed by atoms with Gasteiger partial charge < -0.3 is 29.5 Å². The van der Waals surface area contributed by atoms with Gasteiger partial charge in [0.25, 0.3) is 0 Å². The molecule has 0 aliphatic carbocycles. The highest BCUT2D eigenvalue weighted by Crippen LogP contribution is 2.44. The molecule has 3 rings (SSSR count). The normalized spacial score (nSPS) is 16.3. The van der Waals surface area contributed by atoms with Crippen LogP contribution >= 0.6 is 0 Å². The lowest BCUT2D eigenvalue weighted by molar-refractivity contribution is 0.215. The van der Waals surface area contributed by atoms with Crippen molar-refractivity contribution in [1.82, 2.24) is 0 Å². The average molecular weight is 317 g/mol. The summed E-state index contributed by atoms with van der Waals surface area (Å²) in [5.41, 5.74) is 1.43. The summed E-state index contributed by atoms with van der Waals surface area (Å²) in [7, 11) is 3.14. The molecule has 0 saturated carbocycles. The van der Waals surface area contributed by atoms with Crippen molar-refractivity contribution in [3.8, 4) is 34.5 Å². The molecular formula is C17H17O6. The summed E-state index contributed by atoms with van der Waals surface area (Å²) in [5.74, 6) is 0.550. The van der Waals surface area contributed by atoms with Crippen LogP contribution in [-0.4, -0.2) is 29.5 Å². The Morgan fingerprint density at radius 2 is 1.70 bits per heavy atom. The summed E-state index contributed by atoms with van der Waals surface area (Å²) in [6, 6.07) is 6.27. The third-order valence-electron chi connectivity index (χ3n) is 3.81. The second kappa shape index (κ2) is 5.79. The molecule has 0 saturated heterocycles. The lowest BCUT2D eigenvalue weighted by Gasteiger charge is -2.28. The first-order valence-electron chi connectivity index (χ1n) is 7.03. The first-order valence-corrected chi connectivity index (χ1v) is 7.03. The van der Waals surface area contributed by atoms with Crippen LogP contribution in [0.2, 0.25) is 0 Å². The number of rotatable bonds is 3. The van der Waals surface area contributed by atoms with Crippen LogP contribution in [0.5, 0.6) is 34.5 Å². The molecule has 0 bridgehead atoms. The predicted molar refractivity (Wildman–Crippen MR) is 82.4 cm³/mol. The van der Waals surface area contributed by atoms with Crippen molar-refractivity contribution in [3.05, 3.63) is 41.8 Å². The zero-order valence-electron chi connectivity index (χ0n) is 12.7. The molecule has 1 heterocycles. The number of ether oxygens (including phenoxy) is 3. The summed E-state index contributed by atoms with van der Waals surface area (Å²) in [4.78, 5) is 0. The summed E-state index contributed by atoms with van der Waals surface area (Å²) in [6.45, 7) is 0. The van der Waals surface area contributed by atoms with E-state index in [1.165, 1.54) is 12.1 Å². The molecule has 1 radical (unpaired) electrons. The van der Waals surface area contributed by atoms with Gasteiger partial charge in [0.1, 0.15) is 23.4 Å². The second-order valence-electron chi connectivity index (χ2n) is 5.19. The third kappa shape index (κ3) is 2.67. The van der Waals surface area contributed by atoms with Gasteiger partial charge in [-0.2, -0.15) is 0 Å². The lowest BCUT2D eigenvalue weighted by atomic mass is 9.96. The van der Waals surface area contributed by atoms with Crippen LogP contribution in [0.4, 0.5) is 0 Å². The van der Waals surface area contributed by atoms with Crippen LogP contribution in [0.15, 0.2) is 24.3 Å². The van der Waals surface area contributed by atoms with Crippen molar-refractivity contribution >= 4 is 0 Å². The van der Waals surface area contributed by atoms with Crippen LogP contribution in [0, 0.1) is 6.42 Å². The van der Waals surface area contributed by atoms with Crippen LogP contribution in [0.1, 0.15) is 17.2 Å². The molecule has 0 fully saturated rings. The monoisotopic (exact) mass is 317 g/mol. The second-order valence-corrected chi connectivity index (χ2v) is 5.19. The minimum atomic E-state index is -0.548. The molecule has 1 aliphatic rings. The Balaban J connectivity index is 1.96. The summed E-state index contributed by atoms with van der Waals surface area (Å²) in [5, 5.41) is 28.7. The van der Waals surface area contributed by atoms with Gasteiger partial charge in [-0.05, 0) is 18.6 Å². The maximum atomic E-state index is 9.65. The van der Waals surface area contributed by atoms with E-state index in [-0.39, 0.29) is 0 Å². The maximum absolute atomic E-state index is 9.65. The van der Waals surface area contributed by atoms with Crippen LogP contribution < -0.4 is 14.2 Å². The number of benzene rings is 2. The van der Waals surface area contributed by atoms with Crippen molar-refractivity contribution < 1.29 is 29.5 Å². The van der Waals surface area contributed by atoms with E-state index in [1.54, 1.807) is 26.4 Å². The molecule has 0 aromatic heterocycles. The number of fused-ring (bicyclic) bond motifs is 1. The number of hydrogen-bond donors (Lipinski definition) is 3. The SMILES string of the molecule is COc1cc(OC)c2c(c1)OC(c1cc(O)c(O)c(O)c1)[CH]C2. The number of phenols is 3. The van der Waals surface area contributed by atoms with E-state index in [0.717, 1.165) is 5.56 Å². The lowest BCUT2D eigenvalue weighted by Crippen LogP contribution is -2.16. The molecule has 1 atom stereocenters. The Kier molecular flexibility index (Phi) is 3.82. The molecule has 3 N–H and O–H groups in total. The molecule has 2 aromatic rings. The predicted octanol–water partition coefficient (Wildman–Crippen LogP) is 2.70. The number of phenolic OH excluding ortho intramolecular Hbond substituents is 3. The van der Waals surface area contributed by atoms with Crippen LogP contribution in [0.25, 0.3) is 0 Å². The Morgan fingerprint density at radius 1 is 1.00 bits per heavy atom. The van der Waals surface area contributed by atoms with E-state index < -0.39 is 23.4 Å². The fourth-order valence-corrected chi connectivity index (χ4v) is 2.61. The molecule has 121 valence electrons. The Hall–Kier alpha value is -2.76. The van der Waals surface area contributed by atoms with E-state index in [0.29, 0.717) is 29.2 Å². The maximum Gasteiger partial charge on any atom is 0.200 e. The van der Waals surface area contributed by atoms with Crippen LogP contribution in [0.3, 0.4) is 0 Å². The molecule has 23 heavy (non-hydrogen) atoms. The van der Waals surface area contributed by atoms with Crippen LogP contribution in [-0.2, 0) is 6.42 Å². The van der Waals surface area contributed by atoms with Gasteiger partial charge in [-0.3, -0.25) is 0 Å². The first kappa shape index (κ1) is 15.1. The highest BCUT2D eigenvalue weighted by atomic mass is 16.5. The van der Waals surface area contributed by atoms with Crippen molar-refractivity contribution in [2.45, 2.75) is 12.5 Å². The molecule has 2 aromatic carbocycles. The minimum absolute atomic E-state index is 0.397. The summed E-state index contributed by atoms with van der Waals surface area (Å²) < 4.78 is 16.5. The zero-order valence-corrected chi connectivity index (χ0v) is 12.7. The number of aromatic hydroxyl groups is 3. The molecule has 6 nitrogen and oxygen atoms in total. The highest BCUT2D eigenvalue weighted by Gasteiger charge is 2.26. The van der Waals surface area contributed by atoms with E-state index in [2.05, 4.69) is 0 Å². The minimum Gasteiger partial charge on any atom is -0.504 e. The zero-order chi connectivity index (χ0) is 16.6. The smallest absolute Gasteiger partial charge is 0.200 e. The number of methoxy groups -OCH3 is 2. The van der Waals surface area contributed by atoms with Gasteiger partial charge >= 0.3 is 0 Å². The summed E-state index contributed by atoms with van der Waals surface area (Å²) >= 11 is 0. The van der Waals surface area contributed by atoms with E-state index in [1.807, 2.05) is 6.42 Å². The summed E-state index contributed by atoms with van der Waals surface area (Å²) in [6.07, 6.45) is 2.01. The van der Waals surface area contributed by atoms with Crippen molar-refractivity contribution in [2.24, 2.45) is 0 Å². The first-order chi connectivity index (χ1) is 11.0. The van der Waals surface area contributed by atoms with E-state index >= 15 is 0 Å². The van der Waals surface area contributed by atoms with Crippen molar-refractivity contribution in [2.75, 3.05) is 14.2 Å². The van der Waals surface area contributed by atoms with Gasteiger partial charge in [0.15, 0.2) is 17.2 Å². The Labute approximate surface area is 133 Å². The molecule has 0 amide bonds. The molecule has 6 heteroatoms. The van der Waals surface area contributed by atoms with Gasteiger partial charge in [0.2, 0.25) is 0 Å². The molecule has 0 spiro atoms. The Morgan fingerprint density at radius 3 is 2.30 bits per heavy atom. The largest absolute Gasteiger partial charge is 0.504 e. The van der Waals surface area contributed by atoms with Gasteiger partial charge in [-0.1, -0.05) is 0 Å². The average Bonchev–Trinajstić information content (AvgIpc) is 2.57. The van der Waals surface area contributed by atoms with Crippen molar-refractivity contribution in [3.63, 3.8) is 0 Å². The third-order valence-corrected chi connectivity index (χ3v) is 3.81. The van der Waals surface area contributed by atoms with E-state index in [4.69, 9.17) is 14.2 Å². The number of hydrogen-bond acceptors (Lipinski definition) is 6. The topological polar surface area (TPSA) is 88.4 Å². The quantitative estimate of drug-likeness (QED) is 0.754. The Bertz CT molecular complexity index is 717. The van der Waals surface area contributed by atoms with Gasteiger partial charge in [-0.25, -0.2) is 0 Å². The molecule has 1 unspecified atom stereocenters.